The average molecular weight is 454 g/mol. The summed E-state index contributed by atoms with van der Waals surface area (Å²) in [6.45, 7) is 9.51. The van der Waals surface area contributed by atoms with E-state index in [0.29, 0.717) is 12.2 Å². The third-order valence-corrected chi connectivity index (χ3v) is 20.3. The number of carbonyl (C=O) groups excluding carboxylic acids is 1. The number of unbranched alkanes of at least 4 members (excludes halogenated alkanes) is 3. The van der Waals surface area contributed by atoms with E-state index in [9.17, 15) is 4.79 Å². The van der Waals surface area contributed by atoms with E-state index in [2.05, 4.69) is 25.8 Å². The number of rotatable bonds is 12. The number of hydrogen-bond acceptors (Lipinski definition) is 3. The van der Waals surface area contributed by atoms with Crippen molar-refractivity contribution in [2.45, 2.75) is 79.5 Å². The molecule has 0 aliphatic heterocycles. The third-order valence-electron chi connectivity index (χ3n) is 5.24. The molecule has 0 N–H and O–H groups in total. The van der Waals surface area contributed by atoms with Gasteiger partial charge in [0, 0.05) is 0 Å². The molecular weight excluding hydrogens is 417 g/mol. The van der Waals surface area contributed by atoms with Crippen molar-refractivity contribution in [1.82, 2.24) is 14.9 Å². The zero-order valence-corrected chi connectivity index (χ0v) is 19.8. The number of carbonyl (C=O) groups is 1. The fourth-order valence-electron chi connectivity index (χ4n) is 3.37. The Morgan fingerprint density at radius 2 is 1.48 bits per heavy atom. The molecule has 1 rings (SSSR count). The van der Waals surface area contributed by atoms with Gasteiger partial charge in [-0.15, -0.1) is 0 Å². The molecule has 1 aromatic heterocycles. The van der Waals surface area contributed by atoms with Crippen molar-refractivity contribution < 1.29 is 4.79 Å². The van der Waals surface area contributed by atoms with Gasteiger partial charge < -0.3 is 0 Å². The average Bonchev–Trinajstić information content (AvgIpc) is 2.66. The minimum absolute atomic E-state index is 0.00138. The molecule has 0 unspecified atom stereocenters. The fourth-order valence-corrected chi connectivity index (χ4v) is 18.5. The molecule has 4 nitrogen and oxygen atoms in total. The first kappa shape index (κ1) is 22.4. The van der Waals surface area contributed by atoms with Crippen LogP contribution >= 0.6 is 0 Å². The van der Waals surface area contributed by atoms with Gasteiger partial charge >= 0.3 is 159 Å². The molecule has 0 saturated carbocycles. The monoisotopic (exact) mass is 455 g/mol. The molecule has 0 saturated heterocycles. The maximum absolute atomic E-state index is 12.5. The van der Waals surface area contributed by atoms with Gasteiger partial charge in [-0.1, -0.05) is 0 Å². The van der Waals surface area contributed by atoms with Crippen LogP contribution in [0.25, 0.3) is 0 Å². The summed E-state index contributed by atoms with van der Waals surface area (Å²) in [5.74, 6) is -0.00138. The van der Waals surface area contributed by atoms with E-state index in [-0.39, 0.29) is 5.91 Å². The van der Waals surface area contributed by atoms with Crippen LogP contribution in [0, 0.1) is 0 Å². The Hall–Kier alpha value is -0.651. The molecule has 1 heterocycles. The van der Waals surface area contributed by atoms with Crippen LogP contribution in [-0.2, 0) is 0 Å². The summed E-state index contributed by atoms with van der Waals surface area (Å²) < 4.78 is 5.28. The van der Waals surface area contributed by atoms with E-state index >= 15 is 0 Å². The van der Waals surface area contributed by atoms with Crippen LogP contribution in [-0.4, -0.2) is 52.7 Å². The summed E-state index contributed by atoms with van der Waals surface area (Å²) >= 11 is -2.61. The SMILES string of the molecule is CCC[CH2][Sn]([CH2]CCC)([CH2]CCC)[c]1cncc(C(=O)N(C)CC)n1. The van der Waals surface area contributed by atoms with Crippen molar-refractivity contribution >= 4 is 28.0 Å². The van der Waals surface area contributed by atoms with Crippen LogP contribution in [0.15, 0.2) is 12.4 Å². The molecule has 0 fully saturated rings. The summed E-state index contributed by atoms with van der Waals surface area (Å²) in [4.78, 5) is 23.6. The molecule has 0 aliphatic rings. The second-order valence-corrected chi connectivity index (χ2v) is 20.3. The molecule has 142 valence electrons. The molecule has 0 aromatic carbocycles. The maximum atomic E-state index is 12.5. The van der Waals surface area contributed by atoms with Gasteiger partial charge in [0.05, 0.1) is 0 Å². The zero-order chi connectivity index (χ0) is 18.7. The topological polar surface area (TPSA) is 46.1 Å². The Bertz CT molecular complexity index is 500. The predicted octanol–water partition coefficient (Wildman–Crippen LogP) is 4.62. The van der Waals surface area contributed by atoms with Crippen LogP contribution in [0.5, 0.6) is 0 Å². The molecule has 5 heteroatoms. The minimum atomic E-state index is -2.61. The van der Waals surface area contributed by atoms with Gasteiger partial charge in [0.1, 0.15) is 0 Å². The standard InChI is InChI=1S/C8H10N3O.3C4H9.Sn/c1-3-11(2)8(12)7-6-9-4-5-10-7;3*1-3-4-2;/h4,6H,3H2,1-2H3;3*1,3-4H2,2H3;. The van der Waals surface area contributed by atoms with Crippen molar-refractivity contribution in [2.24, 2.45) is 0 Å². The Kier molecular flexibility index (Phi) is 10.6. The van der Waals surface area contributed by atoms with Crippen LogP contribution in [0.1, 0.15) is 76.7 Å². The molecule has 0 aliphatic carbocycles. The van der Waals surface area contributed by atoms with Gasteiger partial charge in [-0.25, -0.2) is 0 Å². The Labute approximate surface area is 158 Å². The summed E-state index contributed by atoms with van der Waals surface area (Å²) in [6, 6.07) is 0. The number of amides is 1. The van der Waals surface area contributed by atoms with Gasteiger partial charge in [-0.05, 0) is 0 Å². The molecule has 1 amide bonds. The number of aromatic nitrogens is 2. The van der Waals surface area contributed by atoms with Crippen LogP contribution < -0.4 is 3.71 Å². The fraction of sp³-hybridized carbons (Fsp3) is 0.750. The number of nitrogens with zero attached hydrogens (tertiary/aromatic N) is 3. The third kappa shape index (κ3) is 6.54. The normalized spacial score (nSPS) is 11.6. The zero-order valence-electron chi connectivity index (χ0n) is 17.0. The molecule has 0 radical (unpaired) electrons. The van der Waals surface area contributed by atoms with E-state index in [1.54, 1.807) is 11.1 Å². The predicted molar refractivity (Wildman–Crippen MR) is 109 cm³/mol. The van der Waals surface area contributed by atoms with Crippen molar-refractivity contribution in [2.75, 3.05) is 13.6 Å². The Morgan fingerprint density at radius 1 is 0.960 bits per heavy atom. The summed E-state index contributed by atoms with van der Waals surface area (Å²) in [7, 11) is 1.83. The van der Waals surface area contributed by atoms with E-state index < -0.39 is 18.4 Å². The second-order valence-electron chi connectivity index (χ2n) is 7.20. The molecule has 0 spiro atoms. The van der Waals surface area contributed by atoms with E-state index in [4.69, 9.17) is 4.98 Å². The summed E-state index contributed by atoms with van der Waals surface area (Å²) in [5.41, 5.74) is 0.535. The number of hydrogen-bond donors (Lipinski definition) is 0. The van der Waals surface area contributed by atoms with Gasteiger partial charge in [0.25, 0.3) is 0 Å². The van der Waals surface area contributed by atoms with Crippen LogP contribution in [0.2, 0.25) is 13.3 Å². The van der Waals surface area contributed by atoms with Gasteiger partial charge in [-0.2, -0.15) is 0 Å². The van der Waals surface area contributed by atoms with Crippen molar-refractivity contribution in [1.29, 1.82) is 0 Å². The first-order chi connectivity index (χ1) is 12.0. The van der Waals surface area contributed by atoms with E-state index in [1.807, 2.05) is 20.2 Å². The Morgan fingerprint density at radius 3 is 1.92 bits per heavy atom. The quantitative estimate of drug-likeness (QED) is 0.433. The molecule has 0 atom stereocenters. The molecular formula is C20H37N3OSn. The second kappa shape index (κ2) is 11.9. The van der Waals surface area contributed by atoms with Gasteiger partial charge in [0.2, 0.25) is 0 Å². The first-order valence-electron chi connectivity index (χ1n) is 10.1. The Balaban J connectivity index is 3.24. The van der Waals surface area contributed by atoms with Crippen LogP contribution in [0.3, 0.4) is 0 Å². The van der Waals surface area contributed by atoms with Crippen molar-refractivity contribution in [3.8, 4) is 0 Å². The van der Waals surface area contributed by atoms with Gasteiger partial charge in [0.15, 0.2) is 0 Å². The van der Waals surface area contributed by atoms with Crippen LogP contribution in [0.4, 0.5) is 0 Å². The summed E-state index contributed by atoms with van der Waals surface area (Å²) in [5, 5.41) is 0. The van der Waals surface area contributed by atoms with Gasteiger partial charge in [-0.3, -0.25) is 0 Å². The molecule has 0 bridgehead atoms. The molecule has 25 heavy (non-hydrogen) atoms. The summed E-state index contributed by atoms with van der Waals surface area (Å²) in [6.07, 6.45) is 11.2. The van der Waals surface area contributed by atoms with E-state index in [1.165, 1.54) is 55.5 Å². The van der Waals surface area contributed by atoms with E-state index in [0.717, 1.165) is 0 Å². The van der Waals surface area contributed by atoms with Crippen molar-refractivity contribution in [3.05, 3.63) is 18.1 Å². The first-order valence-corrected chi connectivity index (χ1v) is 17.6. The molecule has 1 aromatic rings. The van der Waals surface area contributed by atoms with Crippen molar-refractivity contribution in [3.63, 3.8) is 0 Å².